The van der Waals surface area contributed by atoms with E-state index in [0.717, 1.165) is 4.88 Å². The van der Waals surface area contributed by atoms with Gasteiger partial charge in [0.1, 0.15) is 0 Å². The summed E-state index contributed by atoms with van der Waals surface area (Å²) in [4.78, 5) is 13.0. The van der Waals surface area contributed by atoms with Gasteiger partial charge in [0.15, 0.2) is 4.34 Å². The Kier molecular flexibility index (Phi) is 4.56. The van der Waals surface area contributed by atoms with Crippen LogP contribution in [0.5, 0.6) is 0 Å². The molecule has 8 heteroatoms. The minimum Gasteiger partial charge on any atom is -0.374 e. The number of thioether (sulfide) groups is 1. The molecule has 0 saturated heterocycles. The quantitative estimate of drug-likeness (QED) is 0.825. The van der Waals surface area contributed by atoms with Crippen LogP contribution in [-0.4, -0.2) is 21.4 Å². The van der Waals surface area contributed by atoms with E-state index in [-0.39, 0.29) is 11.2 Å². The lowest BCUT2D eigenvalue weighted by Crippen LogP contribution is -2.30. The van der Waals surface area contributed by atoms with Crippen molar-refractivity contribution in [3.05, 3.63) is 22.4 Å². The molecule has 2 aromatic rings. The maximum absolute atomic E-state index is 11.8. The van der Waals surface area contributed by atoms with Gasteiger partial charge in [-0.3, -0.25) is 4.79 Å². The van der Waals surface area contributed by atoms with Crippen molar-refractivity contribution in [2.75, 3.05) is 5.73 Å². The summed E-state index contributed by atoms with van der Waals surface area (Å²) in [5.74, 6) is -0.0119. The van der Waals surface area contributed by atoms with Crippen LogP contribution in [0.1, 0.15) is 11.8 Å². The van der Waals surface area contributed by atoms with Crippen molar-refractivity contribution in [1.82, 2.24) is 15.5 Å². The lowest BCUT2D eigenvalue weighted by atomic mass is 10.4. The maximum atomic E-state index is 11.8. The highest BCUT2D eigenvalue weighted by molar-refractivity contribution is 8.02. The van der Waals surface area contributed by atoms with Gasteiger partial charge in [0, 0.05) is 4.88 Å². The molecular formula is C10H12N4OS3. The summed E-state index contributed by atoms with van der Waals surface area (Å²) in [5.41, 5.74) is 5.49. The summed E-state index contributed by atoms with van der Waals surface area (Å²) in [6, 6.07) is 3.96. The third-order valence-corrected chi connectivity index (χ3v) is 4.90. The van der Waals surface area contributed by atoms with Crippen molar-refractivity contribution < 1.29 is 4.79 Å². The molecule has 96 valence electrons. The Hall–Kier alpha value is -1.12. The highest BCUT2D eigenvalue weighted by Gasteiger charge is 2.16. The molecule has 0 spiro atoms. The number of aromatic nitrogens is 2. The standard InChI is InChI=1S/C10H12N4OS3/c1-6(17-10-14-13-9(11)18-10)8(15)12-5-7-3-2-4-16-7/h2-4,6H,5H2,1H3,(H2,11,13)(H,12,15)/t6-/m1/s1. The number of anilines is 1. The molecule has 1 amide bonds. The van der Waals surface area contributed by atoms with Crippen LogP contribution in [0.15, 0.2) is 21.9 Å². The molecule has 0 aliphatic carbocycles. The second-order valence-corrected chi connectivity index (χ2v) is 7.09. The van der Waals surface area contributed by atoms with Crippen LogP contribution in [0.25, 0.3) is 0 Å². The molecule has 18 heavy (non-hydrogen) atoms. The predicted molar refractivity (Wildman–Crippen MR) is 75.8 cm³/mol. The van der Waals surface area contributed by atoms with E-state index in [9.17, 15) is 4.79 Å². The summed E-state index contributed by atoms with van der Waals surface area (Å²) in [6.07, 6.45) is 0. The first kappa shape index (κ1) is 13.3. The second kappa shape index (κ2) is 6.17. The average molecular weight is 300 g/mol. The molecule has 0 fully saturated rings. The summed E-state index contributed by atoms with van der Waals surface area (Å²) in [7, 11) is 0. The van der Waals surface area contributed by atoms with Crippen molar-refractivity contribution in [3.8, 4) is 0 Å². The molecule has 2 aromatic heterocycles. The summed E-state index contributed by atoms with van der Waals surface area (Å²) in [6.45, 7) is 2.41. The van der Waals surface area contributed by atoms with E-state index in [0.29, 0.717) is 16.0 Å². The number of nitrogens with two attached hydrogens (primary N) is 1. The van der Waals surface area contributed by atoms with E-state index in [1.54, 1.807) is 11.3 Å². The lowest BCUT2D eigenvalue weighted by molar-refractivity contribution is -0.120. The fraction of sp³-hybridized carbons (Fsp3) is 0.300. The van der Waals surface area contributed by atoms with Crippen molar-refractivity contribution in [1.29, 1.82) is 0 Å². The van der Waals surface area contributed by atoms with Gasteiger partial charge in [0.2, 0.25) is 11.0 Å². The van der Waals surface area contributed by atoms with Gasteiger partial charge < -0.3 is 11.1 Å². The molecule has 0 aromatic carbocycles. The average Bonchev–Trinajstić information content (AvgIpc) is 2.97. The molecule has 2 rings (SSSR count). The molecule has 0 aliphatic rings. The molecule has 0 unspecified atom stereocenters. The Morgan fingerprint density at radius 3 is 3.06 bits per heavy atom. The Bertz CT molecular complexity index is 511. The second-order valence-electron chi connectivity index (χ2n) is 3.46. The normalized spacial score (nSPS) is 12.3. The van der Waals surface area contributed by atoms with Crippen molar-refractivity contribution in [2.45, 2.75) is 23.1 Å². The number of nitrogen functional groups attached to an aromatic ring is 1. The lowest BCUT2D eigenvalue weighted by Gasteiger charge is -2.09. The van der Waals surface area contributed by atoms with Crippen LogP contribution in [0.2, 0.25) is 0 Å². The smallest absolute Gasteiger partial charge is 0.233 e. The fourth-order valence-corrected chi connectivity index (χ4v) is 3.65. The molecule has 0 aliphatic heterocycles. The summed E-state index contributed by atoms with van der Waals surface area (Å²) in [5, 5.41) is 12.7. The zero-order chi connectivity index (χ0) is 13.0. The molecule has 1 atom stereocenters. The SMILES string of the molecule is C[C@@H](Sc1nnc(N)s1)C(=O)NCc1cccs1. The van der Waals surface area contributed by atoms with Gasteiger partial charge in [0.05, 0.1) is 11.8 Å². The number of carbonyl (C=O) groups excluding carboxylic acids is 1. The monoisotopic (exact) mass is 300 g/mol. The van der Waals surface area contributed by atoms with Gasteiger partial charge >= 0.3 is 0 Å². The van der Waals surface area contributed by atoms with Crippen LogP contribution < -0.4 is 11.1 Å². The Labute approximate surface area is 117 Å². The molecule has 0 saturated carbocycles. The highest BCUT2D eigenvalue weighted by atomic mass is 32.2. The van der Waals surface area contributed by atoms with Crippen molar-refractivity contribution in [3.63, 3.8) is 0 Å². The maximum Gasteiger partial charge on any atom is 0.233 e. The Morgan fingerprint density at radius 1 is 1.61 bits per heavy atom. The zero-order valence-electron chi connectivity index (χ0n) is 9.62. The molecule has 5 nitrogen and oxygen atoms in total. The Balaban J connectivity index is 1.81. The van der Waals surface area contributed by atoms with Crippen LogP contribution in [0.3, 0.4) is 0 Å². The number of amides is 1. The number of nitrogens with one attached hydrogen (secondary N) is 1. The van der Waals surface area contributed by atoms with Gasteiger partial charge in [-0.15, -0.1) is 21.5 Å². The molecular weight excluding hydrogens is 288 g/mol. The molecule has 0 bridgehead atoms. The van der Waals surface area contributed by atoms with Gasteiger partial charge in [-0.05, 0) is 18.4 Å². The van der Waals surface area contributed by atoms with Crippen LogP contribution in [0, 0.1) is 0 Å². The van der Waals surface area contributed by atoms with Gasteiger partial charge in [0.25, 0.3) is 0 Å². The van der Waals surface area contributed by atoms with E-state index in [1.165, 1.54) is 23.1 Å². The summed E-state index contributed by atoms with van der Waals surface area (Å²) >= 11 is 4.28. The van der Waals surface area contributed by atoms with Crippen LogP contribution >= 0.6 is 34.4 Å². The topological polar surface area (TPSA) is 80.9 Å². The largest absolute Gasteiger partial charge is 0.374 e. The first-order valence-corrected chi connectivity index (χ1v) is 7.78. The van der Waals surface area contributed by atoms with Crippen molar-refractivity contribution >= 4 is 45.5 Å². The minimum absolute atomic E-state index is 0.0119. The Morgan fingerprint density at radius 2 is 2.44 bits per heavy atom. The fourth-order valence-electron chi connectivity index (χ4n) is 1.20. The van der Waals surface area contributed by atoms with Crippen LogP contribution in [-0.2, 0) is 11.3 Å². The summed E-state index contributed by atoms with van der Waals surface area (Å²) < 4.78 is 0.714. The van der Waals surface area contributed by atoms with E-state index >= 15 is 0 Å². The zero-order valence-corrected chi connectivity index (χ0v) is 12.1. The van der Waals surface area contributed by atoms with E-state index in [2.05, 4.69) is 15.5 Å². The number of carbonyl (C=O) groups is 1. The molecule has 0 radical (unpaired) electrons. The third kappa shape index (κ3) is 3.69. The first-order chi connectivity index (χ1) is 8.65. The number of hydrogen-bond donors (Lipinski definition) is 2. The minimum atomic E-state index is -0.211. The number of nitrogens with zero attached hydrogens (tertiary/aromatic N) is 2. The van der Waals surface area contributed by atoms with Gasteiger partial charge in [-0.25, -0.2) is 0 Å². The number of hydrogen-bond acceptors (Lipinski definition) is 7. The van der Waals surface area contributed by atoms with Gasteiger partial charge in [-0.2, -0.15) is 0 Å². The third-order valence-electron chi connectivity index (χ3n) is 2.09. The van der Waals surface area contributed by atoms with E-state index in [4.69, 9.17) is 5.73 Å². The predicted octanol–water partition coefficient (Wildman–Crippen LogP) is 1.98. The van der Waals surface area contributed by atoms with Crippen molar-refractivity contribution in [2.24, 2.45) is 0 Å². The van der Waals surface area contributed by atoms with Gasteiger partial charge in [-0.1, -0.05) is 29.2 Å². The molecule has 3 N–H and O–H groups in total. The first-order valence-electron chi connectivity index (χ1n) is 5.21. The van der Waals surface area contributed by atoms with Crippen LogP contribution in [0.4, 0.5) is 5.13 Å². The molecule has 2 heterocycles. The number of thiophene rings is 1. The highest BCUT2D eigenvalue weighted by Crippen LogP contribution is 2.27. The van der Waals surface area contributed by atoms with E-state index < -0.39 is 0 Å². The van der Waals surface area contributed by atoms with E-state index in [1.807, 2.05) is 24.4 Å². The number of rotatable bonds is 5.